The van der Waals surface area contributed by atoms with E-state index in [2.05, 4.69) is 17.2 Å². The molecule has 1 heterocycles. The highest BCUT2D eigenvalue weighted by atomic mass is 16.5. The molecule has 3 nitrogen and oxygen atoms in total. The van der Waals surface area contributed by atoms with Crippen molar-refractivity contribution in [2.24, 2.45) is 0 Å². The van der Waals surface area contributed by atoms with Crippen LogP contribution in [0.2, 0.25) is 0 Å². The van der Waals surface area contributed by atoms with Gasteiger partial charge in [0.05, 0.1) is 7.11 Å². The molecule has 0 saturated carbocycles. The summed E-state index contributed by atoms with van der Waals surface area (Å²) < 4.78 is 10.5. The van der Waals surface area contributed by atoms with Crippen LogP contribution in [0.15, 0.2) is 36.5 Å². The highest BCUT2D eigenvalue weighted by Crippen LogP contribution is 2.21. The Labute approximate surface area is 88.3 Å². The lowest BCUT2D eigenvalue weighted by Crippen LogP contribution is -1.85. The number of ether oxygens (including phenoxy) is 2. The van der Waals surface area contributed by atoms with Crippen LogP contribution < -0.4 is 9.47 Å². The number of nitrogens with zero attached hydrogens (tertiary/aromatic N) is 1. The van der Waals surface area contributed by atoms with Crippen LogP contribution in [-0.4, -0.2) is 12.1 Å². The van der Waals surface area contributed by atoms with Crippen LogP contribution >= 0.6 is 0 Å². The Balaban J connectivity index is 2.11. The van der Waals surface area contributed by atoms with Gasteiger partial charge >= 0.3 is 0 Å². The minimum atomic E-state index is 0.593. The number of hydrogen-bond donors (Lipinski definition) is 0. The molecule has 15 heavy (non-hydrogen) atoms. The maximum absolute atomic E-state index is 5.50. The first-order chi connectivity index (χ1) is 7.38. The van der Waals surface area contributed by atoms with E-state index in [0.717, 1.165) is 11.5 Å². The Morgan fingerprint density at radius 2 is 1.80 bits per heavy atom. The van der Waals surface area contributed by atoms with Crippen molar-refractivity contribution < 1.29 is 9.47 Å². The van der Waals surface area contributed by atoms with Gasteiger partial charge in [0.2, 0.25) is 0 Å². The molecule has 74 valence electrons. The third-order valence-corrected chi connectivity index (χ3v) is 1.83. The predicted molar refractivity (Wildman–Crippen MR) is 55.0 cm³/mol. The van der Waals surface area contributed by atoms with E-state index < -0.39 is 0 Å². The third kappa shape index (κ3) is 2.38. The fourth-order valence-corrected chi connectivity index (χ4v) is 1.10. The number of methoxy groups -OCH3 is 1. The zero-order valence-electron chi connectivity index (χ0n) is 8.23. The first-order valence-corrected chi connectivity index (χ1v) is 4.45. The van der Waals surface area contributed by atoms with Gasteiger partial charge in [-0.05, 0) is 30.3 Å². The van der Waals surface area contributed by atoms with E-state index in [-0.39, 0.29) is 0 Å². The zero-order valence-corrected chi connectivity index (χ0v) is 8.23. The van der Waals surface area contributed by atoms with Gasteiger partial charge in [-0.25, -0.2) is 4.98 Å². The van der Waals surface area contributed by atoms with Crippen LogP contribution in [0.25, 0.3) is 0 Å². The number of aromatic nitrogens is 1. The predicted octanol–water partition coefficient (Wildman–Crippen LogP) is 2.48. The second-order valence-corrected chi connectivity index (χ2v) is 2.82. The van der Waals surface area contributed by atoms with Crippen molar-refractivity contribution in [3.8, 4) is 17.2 Å². The lowest BCUT2D eigenvalue weighted by Gasteiger charge is -2.03. The van der Waals surface area contributed by atoms with Gasteiger partial charge in [0.25, 0.3) is 0 Å². The van der Waals surface area contributed by atoms with E-state index in [4.69, 9.17) is 9.47 Å². The molecular formula is C12H9NO2. The molecule has 0 aliphatic rings. The first kappa shape index (κ1) is 9.35. The SMILES string of the molecule is COc1ccc(Oc2c#cncc2)cc1. The van der Waals surface area contributed by atoms with E-state index in [9.17, 15) is 0 Å². The molecule has 0 spiro atoms. The van der Waals surface area contributed by atoms with Crippen LogP contribution in [0.1, 0.15) is 0 Å². The minimum Gasteiger partial charge on any atom is -0.497 e. The summed E-state index contributed by atoms with van der Waals surface area (Å²) in [5.41, 5.74) is 0. The van der Waals surface area contributed by atoms with E-state index in [1.54, 1.807) is 19.4 Å². The number of hydrogen-bond acceptors (Lipinski definition) is 3. The average molecular weight is 199 g/mol. The fourth-order valence-electron chi connectivity index (χ4n) is 1.10. The maximum Gasteiger partial charge on any atom is 0.180 e. The second-order valence-electron chi connectivity index (χ2n) is 2.82. The molecule has 0 amide bonds. The summed E-state index contributed by atoms with van der Waals surface area (Å²) >= 11 is 0. The van der Waals surface area contributed by atoms with E-state index in [0.29, 0.717) is 5.75 Å². The Morgan fingerprint density at radius 3 is 2.40 bits per heavy atom. The zero-order chi connectivity index (χ0) is 10.5. The van der Waals surface area contributed by atoms with Gasteiger partial charge in [-0.3, -0.25) is 0 Å². The molecule has 2 aromatic rings. The average Bonchev–Trinajstić information content (AvgIpc) is 2.31. The van der Waals surface area contributed by atoms with Crippen molar-refractivity contribution in [2.45, 2.75) is 0 Å². The summed E-state index contributed by atoms with van der Waals surface area (Å²) in [5.74, 6) is 2.12. The van der Waals surface area contributed by atoms with Crippen molar-refractivity contribution in [3.63, 3.8) is 0 Å². The van der Waals surface area contributed by atoms with Crippen molar-refractivity contribution in [1.29, 1.82) is 0 Å². The van der Waals surface area contributed by atoms with Gasteiger partial charge in [-0.1, -0.05) is 0 Å². The van der Waals surface area contributed by atoms with E-state index in [1.165, 1.54) is 0 Å². The van der Waals surface area contributed by atoms with Crippen molar-refractivity contribution in [1.82, 2.24) is 4.98 Å². The van der Waals surface area contributed by atoms with E-state index in [1.807, 2.05) is 24.3 Å². The molecule has 0 saturated heterocycles. The lowest BCUT2D eigenvalue weighted by molar-refractivity contribution is 0.413. The summed E-state index contributed by atoms with van der Waals surface area (Å²) in [7, 11) is 1.63. The Morgan fingerprint density at radius 1 is 1.07 bits per heavy atom. The fraction of sp³-hybridized carbons (Fsp3) is 0.0833. The largest absolute Gasteiger partial charge is 0.497 e. The molecule has 0 bridgehead atoms. The quantitative estimate of drug-likeness (QED) is 0.761. The molecule has 0 unspecified atom stereocenters. The molecular weight excluding hydrogens is 190 g/mol. The number of benzene rings is 1. The van der Waals surface area contributed by atoms with Crippen LogP contribution in [0, 0.1) is 12.3 Å². The molecule has 0 atom stereocenters. The van der Waals surface area contributed by atoms with Gasteiger partial charge in [0, 0.05) is 18.5 Å². The molecule has 0 aliphatic heterocycles. The van der Waals surface area contributed by atoms with Crippen molar-refractivity contribution in [2.75, 3.05) is 7.11 Å². The standard InChI is InChI=1S/C12H9NO2/c1-14-10-2-4-11(5-3-10)15-12-6-8-13-9-7-12/h2-6,8H,1H3. The smallest absolute Gasteiger partial charge is 0.180 e. The Kier molecular flexibility index (Phi) is 2.70. The highest BCUT2D eigenvalue weighted by molar-refractivity contribution is 5.33. The topological polar surface area (TPSA) is 31.4 Å². The summed E-state index contributed by atoms with van der Waals surface area (Å²) in [6, 6.07) is 11.8. The molecule has 0 aliphatic carbocycles. The lowest BCUT2D eigenvalue weighted by atomic mass is 10.3. The second kappa shape index (κ2) is 4.34. The normalized spacial score (nSPS) is 9.13. The molecule has 0 fully saturated rings. The van der Waals surface area contributed by atoms with Gasteiger partial charge < -0.3 is 9.47 Å². The third-order valence-electron chi connectivity index (χ3n) is 1.83. The summed E-state index contributed by atoms with van der Waals surface area (Å²) in [5, 5.41) is 0. The van der Waals surface area contributed by atoms with Gasteiger partial charge in [0.1, 0.15) is 11.5 Å². The number of rotatable bonds is 3. The monoisotopic (exact) mass is 199 g/mol. The first-order valence-electron chi connectivity index (χ1n) is 4.45. The Bertz CT molecular complexity index is 411. The maximum atomic E-state index is 5.50. The summed E-state index contributed by atoms with van der Waals surface area (Å²) in [6.45, 7) is 0. The Hall–Kier alpha value is -2.21. The molecule has 0 radical (unpaired) electrons. The van der Waals surface area contributed by atoms with Crippen molar-refractivity contribution >= 4 is 0 Å². The van der Waals surface area contributed by atoms with Crippen LogP contribution in [-0.2, 0) is 0 Å². The molecule has 3 heteroatoms. The molecule has 2 rings (SSSR count). The summed E-state index contributed by atoms with van der Waals surface area (Å²) in [6.07, 6.45) is 4.19. The summed E-state index contributed by atoms with van der Waals surface area (Å²) in [4.78, 5) is 3.73. The van der Waals surface area contributed by atoms with Gasteiger partial charge in [-0.2, -0.15) is 0 Å². The molecule has 0 N–H and O–H groups in total. The molecule has 1 aromatic carbocycles. The van der Waals surface area contributed by atoms with Crippen LogP contribution in [0.4, 0.5) is 0 Å². The molecule has 1 aromatic heterocycles. The minimum absolute atomic E-state index is 0.593. The van der Waals surface area contributed by atoms with Crippen LogP contribution in [0.3, 0.4) is 0 Å². The highest BCUT2D eigenvalue weighted by Gasteiger charge is 1.96. The van der Waals surface area contributed by atoms with Gasteiger partial charge in [-0.15, -0.1) is 0 Å². The van der Waals surface area contributed by atoms with Crippen molar-refractivity contribution in [3.05, 3.63) is 48.8 Å². The van der Waals surface area contributed by atoms with Gasteiger partial charge in [0.15, 0.2) is 5.75 Å². The van der Waals surface area contributed by atoms with Crippen LogP contribution in [0.5, 0.6) is 17.2 Å². The van der Waals surface area contributed by atoms with E-state index >= 15 is 0 Å².